The van der Waals surface area contributed by atoms with E-state index in [0.29, 0.717) is 4.47 Å². The Labute approximate surface area is 90.1 Å². The van der Waals surface area contributed by atoms with E-state index in [4.69, 9.17) is 5.73 Å². The average Bonchev–Trinajstić information content (AvgIpc) is 2.16. The van der Waals surface area contributed by atoms with Crippen LogP contribution in [0.5, 0.6) is 5.75 Å². The first kappa shape index (κ1) is 11.5. The van der Waals surface area contributed by atoms with Gasteiger partial charge in [-0.3, -0.25) is 0 Å². The van der Waals surface area contributed by atoms with Crippen molar-refractivity contribution in [2.45, 2.75) is 12.2 Å². The van der Waals surface area contributed by atoms with Crippen LogP contribution < -0.4 is 5.73 Å². The molecule has 1 aromatic rings. The van der Waals surface area contributed by atoms with Gasteiger partial charge in [0.2, 0.25) is 0 Å². The summed E-state index contributed by atoms with van der Waals surface area (Å²) in [7, 11) is 0. The minimum absolute atomic E-state index is 0.0675. The highest BCUT2D eigenvalue weighted by molar-refractivity contribution is 9.10. The molecule has 0 bridgehead atoms. The average molecular weight is 262 g/mol. The number of hydrogen-bond donors (Lipinski definition) is 4. The van der Waals surface area contributed by atoms with E-state index < -0.39 is 12.2 Å². The van der Waals surface area contributed by atoms with Crippen LogP contribution in [-0.4, -0.2) is 28.0 Å². The Kier molecular flexibility index (Phi) is 3.88. The van der Waals surface area contributed by atoms with Crippen molar-refractivity contribution in [3.63, 3.8) is 0 Å². The summed E-state index contributed by atoms with van der Waals surface area (Å²) in [6.07, 6.45) is -2.27. The predicted octanol–water partition coefficient (Wildman–Crippen LogP) is 0.508. The molecule has 1 rings (SSSR count). The van der Waals surface area contributed by atoms with Gasteiger partial charge in [0.1, 0.15) is 11.9 Å². The molecule has 0 fully saturated rings. The normalized spacial score (nSPS) is 15.1. The fourth-order valence-corrected chi connectivity index (χ4v) is 1.73. The molecule has 0 aliphatic heterocycles. The van der Waals surface area contributed by atoms with Crippen LogP contribution in [0.25, 0.3) is 0 Å². The highest BCUT2D eigenvalue weighted by Gasteiger charge is 2.22. The summed E-state index contributed by atoms with van der Waals surface area (Å²) in [5.41, 5.74) is 5.46. The molecule has 0 aliphatic carbocycles. The molecule has 1 aromatic carbocycles. The van der Waals surface area contributed by atoms with Crippen LogP contribution >= 0.6 is 15.9 Å². The van der Waals surface area contributed by atoms with Gasteiger partial charge in [0, 0.05) is 16.6 Å². The van der Waals surface area contributed by atoms with Gasteiger partial charge in [0.25, 0.3) is 0 Å². The topological polar surface area (TPSA) is 86.7 Å². The molecule has 0 saturated carbocycles. The van der Waals surface area contributed by atoms with E-state index in [2.05, 4.69) is 15.9 Å². The first-order chi connectivity index (χ1) is 6.57. The van der Waals surface area contributed by atoms with Crippen LogP contribution in [0, 0.1) is 0 Å². The van der Waals surface area contributed by atoms with E-state index >= 15 is 0 Å². The Morgan fingerprint density at radius 2 is 2.00 bits per heavy atom. The lowest BCUT2D eigenvalue weighted by molar-refractivity contribution is 0.0225. The maximum atomic E-state index is 9.63. The Morgan fingerprint density at radius 3 is 2.50 bits per heavy atom. The number of halogens is 1. The first-order valence-electron chi connectivity index (χ1n) is 4.11. The molecule has 14 heavy (non-hydrogen) atoms. The second kappa shape index (κ2) is 4.75. The lowest BCUT2D eigenvalue weighted by Gasteiger charge is -2.18. The summed E-state index contributed by atoms with van der Waals surface area (Å²) in [4.78, 5) is 0. The number of aromatic hydroxyl groups is 1. The number of hydrogen-bond acceptors (Lipinski definition) is 4. The number of aliphatic hydroxyl groups excluding tert-OH is 2. The Balaban J connectivity index is 3.05. The van der Waals surface area contributed by atoms with E-state index in [1.165, 1.54) is 6.07 Å². The van der Waals surface area contributed by atoms with Gasteiger partial charge in [0.15, 0.2) is 0 Å². The van der Waals surface area contributed by atoms with Crippen LogP contribution in [0.2, 0.25) is 0 Å². The Bertz CT molecular complexity index is 299. The van der Waals surface area contributed by atoms with Gasteiger partial charge in [0.05, 0.1) is 6.10 Å². The minimum Gasteiger partial charge on any atom is -0.508 e. The van der Waals surface area contributed by atoms with Crippen molar-refractivity contribution in [2.24, 2.45) is 5.73 Å². The van der Waals surface area contributed by atoms with Gasteiger partial charge in [-0.15, -0.1) is 0 Å². The quantitative estimate of drug-likeness (QED) is 0.639. The Hall–Kier alpha value is -0.620. The molecule has 0 spiro atoms. The molecule has 0 aromatic heterocycles. The number of nitrogens with two attached hydrogens (primary N) is 1. The fourth-order valence-electron chi connectivity index (χ4n) is 1.14. The standard InChI is InChI=1S/C9H12BrNO3/c10-5-2-1-3-6(12)8(5)9(14)7(13)4-11/h1-3,7,9,12-14H,4,11H2. The third-order valence-electron chi connectivity index (χ3n) is 1.93. The van der Waals surface area contributed by atoms with E-state index in [1.54, 1.807) is 12.1 Å². The number of phenolic OH excluding ortho intramolecular Hbond substituents is 1. The molecule has 0 radical (unpaired) electrons. The molecule has 5 heteroatoms. The zero-order chi connectivity index (χ0) is 10.7. The minimum atomic E-state index is -1.18. The van der Waals surface area contributed by atoms with E-state index in [9.17, 15) is 15.3 Å². The van der Waals surface area contributed by atoms with E-state index in [1.807, 2.05) is 0 Å². The van der Waals surface area contributed by atoms with Crippen molar-refractivity contribution in [1.29, 1.82) is 0 Å². The zero-order valence-electron chi connectivity index (χ0n) is 7.39. The lowest BCUT2D eigenvalue weighted by Crippen LogP contribution is -2.27. The molecule has 2 atom stereocenters. The fraction of sp³-hybridized carbons (Fsp3) is 0.333. The van der Waals surface area contributed by atoms with Crippen molar-refractivity contribution in [3.05, 3.63) is 28.2 Å². The monoisotopic (exact) mass is 261 g/mol. The van der Waals surface area contributed by atoms with Gasteiger partial charge in [-0.25, -0.2) is 0 Å². The molecular weight excluding hydrogens is 250 g/mol. The summed E-state index contributed by atoms with van der Waals surface area (Å²) < 4.78 is 0.539. The zero-order valence-corrected chi connectivity index (χ0v) is 8.98. The molecule has 5 N–H and O–H groups in total. The van der Waals surface area contributed by atoms with Gasteiger partial charge < -0.3 is 21.1 Å². The van der Waals surface area contributed by atoms with Crippen LogP contribution in [0.1, 0.15) is 11.7 Å². The number of phenols is 1. The van der Waals surface area contributed by atoms with Crippen LogP contribution in [0.15, 0.2) is 22.7 Å². The van der Waals surface area contributed by atoms with Crippen molar-refractivity contribution in [2.75, 3.05) is 6.54 Å². The molecule has 0 saturated heterocycles. The smallest absolute Gasteiger partial charge is 0.122 e. The number of aliphatic hydroxyl groups is 2. The molecular formula is C9H12BrNO3. The van der Waals surface area contributed by atoms with E-state index in [-0.39, 0.29) is 17.9 Å². The van der Waals surface area contributed by atoms with Crippen LogP contribution in [-0.2, 0) is 0 Å². The second-order valence-corrected chi connectivity index (χ2v) is 3.77. The van der Waals surface area contributed by atoms with Gasteiger partial charge >= 0.3 is 0 Å². The predicted molar refractivity (Wildman–Crippen MR) is 55.8 cm³/mol. The molecule has 4 nitrogen and oxygen atoms in total. The molecule has 0 amide bonds. The van der Waals surface area contributed by atoms with Gasteiger partial charge in [-0.1, -0.05) is 22.0 Å². The third kappa shape index (κ3) is 2.24. The molecule has 0 aliphatic rings. The summed E-state index contributed by atoms with van der Waals surface area (Å²) in [6.45, 7) is -0.0675. The maximum absolute atomic E-state index is 9.63. The maximum Gasteiger partial charge on any atom is 0.122 e. The summed E-state index contributed by atoms with van der Waals surface area (Å²) >= 11 is 3.17. The Morgan fingerprint density at radius 1 is 1.36 bits per heavy atom. The summed E-state index contributed by atoms with van der Waals surface area (Å²) in [5.74, 6) is -0.0700. The lowest BCUT2D eigenvalue weighted by atomic mass is 10.0. The van der Waals surface area contributed by atoms with Gasteiger partial charge in [-0.2, -0.15) is 0 Å². The second-order valence-electron chi connectivity index (χ2n) is 2.92. The molecule has 78 valence electrons. The van der Waals surface area contributed by atoms with Gasteiger partial charge in [-0.05, 0) is 12.1 Å². The first-order valence-corrected chi connectivity index (χ1v) is 4.90. The summed E-state index contributed by atoms with van der Waals surface area (Å²) in [5, 5.41) is 28.4. The highest BCUT2D eigenvalue weighted by Crippen LogP contribution is 2.32. The van der Waals surface area contributed by atoms with Crippen molar-refractivity contribution in [3.8, 4) is 5.75 Å². The molecule has 2 unspecified atom stereocenters. The van der Waals surface area contributed by atoms with Crippen LogP contribution in [0.4, 0.5) is 0 Å². The van der Waals surface area contributed by atoms with Crippen molar-refractivity contribution in [1.82, 2.24) is 0 Å². The largest absolute Gasteiger partial charge is 0.508 e. The van der Waals surface area contributed by atoms with Crippen molar-refractivity contribution >= 4 is 15.9 Å². The highest BCUT2D eigenvalue weighted by atomic mass is 79.9. The van der Waals surface area contributed by atoms with Crippen molar-refractivity contribution < 1.29 is 15.3 Å². The summed E-state index contributed by atoms with van der Waals surface area (Å²) in [6, 6.07) is 4.73. The third-order valence-corrected chi connectivity index (χ3v) is 2.62. The number of benzene rings is 1. The molecule has 0 heterocycles. The van der Waals surface area contributed by atoms with Crippen LogP contribution in [0.3, 0.4) is 0 Å². The SMILES string of the molecule is NCC(O)C(O)c1c(O)cccc1Br. The number of rotatable bonds is 3. The van der Waals surface area contributed by atoms with E-state index in [0.717, 1.165) is 0 Å².